The second-order valence-electron chi connectivity index (χ2n) is 5.17. The minimum atomic E-state index is -0.711. The van der Waals surface area contributed by atoms with Gasteiger partial charge in [-0.25, -0.2) is 0 Å². The third kappa shape index (κ3) is 3.36. The Hall–Kier alpha value is -1.33. The highest BCUT2D eigenvalue weighted by atomic mass is 35.5. The van der Waals surface area contributed by atoms with Crippen LogP contribution in [0.4, 0.5) is 0 Å². The molecule has 0 spiro atoms. The third-order valence-electron chi connectivity index (χ3n) is 3.89. The van der Waals surface area contributed by atoms with Crippen molar-refractivity contribution in [3.63, 3.8) is 0 Å². The highest BCUT2D eigenvalue weighted by Gasteiger charge is 2.29. The molecule has 1 aliphatic rings. The monoisotopic (exact) mass is 275 g/mol. The Labute approximate surface area is 119 Å². The summed E-state index contributed by atoms with van der Waals surface area (Å²) in [5.41, 5.74) is 0.654. The topological polar surface area (TPSA) is 40.9 Å². The Kier molecular flexibility index (Phi) is 4.99. The second-order valence-corrected chi connectivity index (χ2v) is 5.58. The van der Waals surface area contributed by atoms with Gasteiger partial charge in [-0.15, -0.1) is 0 Å². The van der Waals surface area contributed by atoms with Gasteiger partial charge in [0.05, 0.1) is 6.07 Å². The van der Waals surface area contributed by atoms with Gasteiger partial charge in [-0.1, -0.05) is 55.5 Å². The van der Waals surface area contributed by atoms with Crippen LogP contribution in [0.25, 0.3) is 0 Å². The van der Waals surface area contributed by atoms with E-state index in [4.69, 9.17) is 11.6 Å². The maximum atomic E-state index is 12.6. The number of nitriles is 1. The fourth-order valence-corrected chi connectivity index (χ4v) is 3.04. The van der Waals surface area contributed by atoms with Crippen molar-refractivity contribution in [3.8, 4) is 6.07 Å². The molecule has 1 saturated carbocycles. The maximum absolute atomic E-state index is 12.6. The smallest absolute Gasteiger partial charge is 0.157 e. The molecule has 0 aliphatic heterocycles. The molecule has 1 atom stereocenters. The molecule has 2 rings (SSSR count). The van der Waals surface area contributed by atoms with E-state index >= 15 is 0 Å². The molecule has 0 aromatic heterocycles. The lowest BCUT2D eigenvalue weighted by molar-refractivity contribution is -0.123. The molecular formula is C16H18ClNO. The van der Waals surface area contributed by atoms with Gasteiger partial charge in [-0.05, 0) is 24.5 Å². The number of rotatable bonds is 3. The van der Waals surface area contributed by atoms with Gasteiger partial charge in [-0.3, -0.25) is 4.79 Å². The van der Waals surface area contributed by atoms with Crippen LogP contribution < -0.4 is 0 Å². The van der Waals surface area contributed by atoms with Gasteiger partial charge in [0.1, 0.15) is 5.92 Å². The number of benzene rings is 1. The van der Waals surface area contributed by atoms with E-state index < -0.39 is 5.92 Å². The number of hydrogen-bond acceptors (Lipinski definition) is 2. The molecule has 0 N–H and O–H groups in total. The Bertz CT molecular complexity index is 484. The molecule has 3 heteroatoms. The first kappa shape index (κ1) is 14.1. The Balaban J connectivity index is 2.20. The van der Waals surface area contributed by atoms with Gasteiger partial charge in [-0.2, -0.15) is 5.26 Å². The van der Waals surface area contributed by atoms with E-state index in [1.165, 1.54) is 12.8 Å². The molecule has 0 amide bonds. The zero-order valence-corrected chi connectivity index (χ0v) is 11.7. The normalized spacial score (nSPS) is 18.3. The Morgan fingerprint density at radius 1 is 1.21 bits per heavy atom. The van der Waals surface area contributed by atoms with Crippen LogP contribution in [0.15, 0.2) is 24.3 Å². The summed E-state index contributed by atoms with van der Waals surface area (Å²) in [5, 5.41) is 9.86. The minimum absolute atomic E-state index is 0.0309. The van der Waals surface area contributed by atoms with Crippen LogP contribution in [0.3, 0.4) is 0 Å². The molecule has 1 aromatic rings. The molecule has 0 heterocycles. The van der Waals surface area contributed by atoms with E-state index in [-0.39, 0.29) is 11.7 Å². The van der Waals surface area contributed by atoms with Crippen LogP contribution in [0.2, 0.25) is 5.02 Å². The molecule has 1 aliphatic carbocycles. The van der Waals surface area contributed by atoms with Crippen LogP contribution in [0.5, 0.6) is 0 Å². The van der Waals surface area contributed by atoms with E-state index in [0.29, 0.717) is 10.6 Å². The van der Waals surface area contributed by atoms with Crippen LogP contribution in [0.1, 0.15) is 50.0 Å². The summed E-state index contributed by atoms with van der Waals surface area (Å²) < 4.78 is 0. The van der Waals surface area contributed by atoms with Gasteiger partial charge in [0, 0.05) is 10.9 Å². The first-order valence-electron chi connectivity index (χ1n) is 6.92. The van der Waals surface area contributed by atoms with Gasteiger partial charge >= 0.3 is 0 Å². The summed E-state index contributed by atoms with van der Waals surface area (Å²) in [7, 11) is 0. The Morgan fingerprint density at radius 2 is 1.84 bits per heavy atom. The van der Waals surface area contributed by atoms with E-state index in [1.54, 1.807) is 12.1 Å². The lowest BCUT2D eigenvalue weighted by Crippen LogP contribution is -2.21. The molecular weight excluding hydrogens is 258 g/mol. The predicted octanol–water partition coefficient (Wildman–Crippen LogP) is 4.49. The number of nitrogens with zero attached hydrogens (tertiary/aromatic N) is 1. The summed E-state index contributed by atoms with van der Waals surface area (Å²) in [6.45, 7) is 0. The standard InChI is InChI=1S/C16H18ClNO/c17-15-10-6-5-9-13(15)14(11-18)16(19)12-7-3-1-2-4-8-12/h5-6,9-10,12,14H,1-4,7-8H2. The van der Waals surface area contributed by atoms with Crippen molar-refractivity contribution in [1.82, 2.24) is 0 Å². The first-order chi connectivity index (χ1) is 9.24. The molecule has 100 valence electrons. The maximum Gasteiger partial charge on any atom is 0.157 e. The van der Waals surface area contributed by atoms with Gasteiger partial charge in [0.25, 0.3) is 0 Å². The molecule has 1 unspecified atom stereocenters. The van der Waals surface area contributed by atoms with E-state index in [2.05, 4.69) is 6.07 Å². The molecule has 0 bridgehead atoms. The van der Waals surface area contributed by atoms with Crippen molar-refractivity contribution in [2.75, 3.05) is 0 Å². The van der Waals surface area contributed by atoms with Crippen LogP contribution in [-0.2, 0) is 4.79 Å². The quantitative estimate of drug-likeness (QED) is 0.763. The zero-order chi connectivity index (χ0) is 13.7. The largest absolute Gasteiger partial charge is 0.298 e. The van der Waals surface area contributed by atoms with Crippen molar-refractivity contribution in [3.05, 3.63) is 34.9 Å². The number of carbonyl (C=O) groups is 1. The van der Waals surface area contributed by atoms with Gasteiger partial charge in [0.15, 0.2) is 5.78 Å². The van der Waals surface area contributed by atoms with E-state index in [1.807, 2.05) is 12.1 Å². The molecule has 1 aromatic carbocycles. The fraction of sp³-hybridized carbons (Fsp3) is 0.500. The number of Topliss-reactive ketones (excluding diaryl/α,β-unsaturated/α-hetero) is 1. The molecule has 0 saturated heterocycles. The van der Waals surface area contributed by atoms with Crippen LogP contribution in [0, 0.1) is 17.2 Å². The molecule has 1 fully saturated rings. The minimum Gasteiger partial charge on any atom is -0.298 e. The highest BCUT2D eigenvalue weighted by Crippen LogP contribution is 2.32. The summed E-state index contributed by atoms with van der Waals surface area (Å²) in [4.78, 5) is 12.6. The lowest BCUT2D eigenvalue weighted by Gasteiger charge is -2.17. The molecule has 0 radical (unpaired) electrons. The summed E-state index contributed by atoms with van der Waals surface area (Å²) >= 11 is 6.11. The zero-order valence-electron chi connectivity index (χ0n) is 10.9. The van der Waals surface area contributed by atoms with Gasteiger partial charge in [0.2, 0.25) is 0 Å². The highest BCUT2D eigenvalue weighted by molar-refractivity contribution is 6.31. The van der Waals surface area contributed by atoms with Gasteiger partial charge < -0.3 is 0 Å². The van der Waals surface area contributed by atoms with Crippen molar-refractivity contribution < 1.29 is 4.79 Å². The van der Waals surface area contributed by atoms with E-state index in [0.717, 1.165) is 25.7 Å². The summed E-state index contributed by atoms with van der Waals surface area (Å²) in [6, 6.07) is 9.30. The van der Waals surface area contributed by atoms with Crippen LogP contribution >= 0.6 is 11.6 Å². The van der Waals surface area contributed by atoms with Crippen LogP contribution in [-0.4, -0.2) is 5.78 Å². The average molecular weight is 276 g/mol. The van der Waals surface area contributed by atoms with Crippen molar-refractivity contribution >= 4 is 17.4 Å². The summed E-state index contributed by atoms with van der Waals surface area (Å²) in [5.74, 6) is -0.627. The number of halogens is 1. The molecule has 19 heavy (non-hydrogen) atoms. The van der Waals surface area contributed by atoms with E-state index in [9.17, 15) is 10.1 Å². The first-order valence-corrected chi connectivity index (χ1v) is 7.29. The summed E-state index contributed by atoms with van der Waals surface area (Å²) in [6.07, 6.45) is 6.43. The SMILES string of the molecule is N#CC(C(=O)C1CCCCCC1)c1ccccc1Cl. The Morgan fingerprint density at radius 3 is 2.42 bits per heavy atom. The number of carbonyl (C=O) groups excluding carboxylic acids is 1. The fourth-order valence-electron chi connectivity index (χ4n) is 2.80. The number of ketones is 1. The lowest BCUT2D eigenvalue weighted by atomic mass is 9.84. The third-order valence-corrected chi connectivity index (χ3v) is 4.23. The predicted molar refractivity (Wildman–Crippen MR) is 76.0 cm³/mol. The second kappa shape index (κ2) is 6.73. The van der Waals surface area contributed by atoms with Crippen molar-refractivity contribution in [2.45, 2.75) is 44.4 Å². The van der Waals surface area contributed by atoms with Crippen molar-refractivity contribution in [2.24, 2.45) is 5.92 Å². The molecule has 2 nitrogen and oxygen atoms in total. The average Bonchev–Trinajstić information content (AvgIpc) is 2.70. The number of hydrogen-bond donors (Lipinski definition) is 0. The van der Waals surface area contributed by atoms with Crippen molar-refractivity contribution in [1.29, 1.82) is 5.26 Å².